The summed E-state index contributed by atoms with van der Waals surface area (Å²) in [5.41, 5.74) is 2.36. The van der Waals surface area contributed by atoms with Crippen LogP contribution in [0.5, 0.6) is 0 Å². The van der Waals surface area contributed by atoms with E-state index >= 15 is 0 Å². The fraction of sp³-hybridized carbons (Fsp3) is 0.500. The number of hydrazine groups is 1. The van der Waals surface area contributed by atoms with E-state index in [0.717, 1.165) is 5.01 Å². The molecular weight excluding hydrogens is 170 g/mol. The number of carboxylic acid groups (broad SMARTS) is 1. The standard InChI is InChI=1S/C6H8F2N2O2/c7-5(8)3-10-2-1-4(9-10)6(11)12/h1-2,4-5,9H,3H2,(H,11,12). The molecule has 1 rings (SSSR count). The zero-order valence-corrected chi connectivity index (χ0v) is 6.08. The molecule has 1 heterocycles. The van der Waals surface area contributed by atoms with E-state index in [1.165, 1.54) is 12.3 Å². The summed E-state index contributed by atoms with van der Waals surface area (Å²) in [5.74, 6) is -1.08. The highest BCUT2D eigenvalue weighted by Gasteiger charge is 2.22. The van der Waals surface area contributed by atoms with Gasteiger partial charge >= 0.3 is 5.97 Å². The van der Waals surface area contributed by atoms with Crippen molar-refractivity contribution in [2.24, 2.45) is 0 Å². The van der Waals surface area contributed by atoms with Crippen LogP contribution in [0.4, 0.5) is 8.78 Å². The summed E-state index contributed by atoms with van der Waals surface area (Å²) in [4.78, 5) is 10.3. The number of nitrogens with one attached hydrogen (secondary N) is 1. The van der Waals surface area contributed by atoms with Crippen LogP contribution in [0.3, 0.4) is 0 Å². The molecule has 68 valence electrons. The summed E-state index contributed by atoms with van der Waals surface area (Å²) in [5, 5.41) is 9.50. The normalized spacial score (nSPS) is 22.2. The number of carboxylic acids is 1. The Hall–Kier alpha value is -1.17. The van der Waals surface area contributed by atoms with Crippen LogP contribution in [0.15, 0.2) is 12.3 Å². The minimum absolute atomic E-state index is 0.500. The van der Waals surface area contributed by atoms with Gasteiger partial charge in [0.2, 0.25) is 0 Å². The summed E-state index contributed by atoms with van der Waals surface area (Å²) in [6.07, 6.45) is 0.130. The predicted octanol–water partition coefficient (Wildman–Crippen LogP) is 0.0386. The summed E-state index contributed by atoms with van der Waals surface area (Å²) >= 11 is 0. The molecule has 1 aliphatic heterocycles. The lowest BCUT2D eigenvalue weighted by atomic mass is 10.3. The first-order chi connectivity index (χ1) is 5.59. The summed E-state index contributed by atoms with van der Waals surface area (Å²) in [6, 6.07) is -0.885. The van der Waals surface area contributed by atoms with Gasteiger partial charge in [0, 0.05) is 6.20 Å². The van der Waals surface area contributed by atoms with Crippen LogP contribution in [0.25, 0.3) is 0 Å². The Kier molecular flexibility index (Phi) is 2.59. The third kappa shape index (κ3) is 2.16. The number of aliphatic carboxylic acids is 1. The summed E-state index contributed by atoms with van der Waals surface area (Å²) in [6.45, 7) is -0.500. The van der Waals surface area contributed by atoms with Gasteiger partial charge in [0.25, 0.3) is 6.43 Å². The van der Waals surface area contributed by atoms with Gasteiger partial charge in [0.05, 0.1) is 6.54 Å². The van der Waals surface area contributed by atoms with Crippen LogP contribution in [-0.2, 0) is 4.79 Å². The monoisotopic (exact) mass is 178 g/mol. The molecule has 0 bridgehead atoms. The molecule has 6 heteroatoms. The molecule has 4 nitrogen and oxygen atoms in total. The van der Waals surface area contributed by atoms with Crippen LogP contribution in [0.1, 0.15) is 0 Å². The largest absolute Gasteiger partial charge is 0.480 e. The molecule has 0 fully saturated rings. The van der Waals surface area contributed by atoms with E-state index in [-0.39, 0.29) is 0 Å². The van der Waals surface area contributed by atoms with Crippen molar-refractivity contribution in [2.45, 2.75) is 12.5 Å². The first kappa shape index (κ1) is 8.92. The van der Waals surface area contributed by atoms with E-state index in [2.05, 4.69) is 5.43 Å². The number of carbonyl (C=O) groups is 1. The van der Waals surface area contributed by atoms with Gasteiger partial charge in [-0.3, -0.25) is 4.79 Å². The summed E-state index contributed by atoms with van der Waals surface area (Å²) < 4.78 is 23.5. The second-order valence-corrected chi connectivity index (χ2v) is 2.33. The average molecular weight is 178 g/mol. The SMILES string of the molecule is O=C(O)C1C=CN(CC(F)F)N1. The minimum Gasteiger partial charge on any atom is -0.480 e. The molecule has 1 atom stereocenters. The molecule has 0 saturated heterocycles. The Bertz CT molecular complexity index is 208. The number of alkyl halides is 2. The third-order valence-corrected chi connectivity index (χ3v) is 1.36. The first-order valence-corrected chi connectivity index (χ1v) is 3.31. The number of nitrogens with zero attached hydrogens (tertiary/aromatic N) is 1. The van der Waals surface area contributed by atoms with Crippen molar-refractivity contribution in [1.82, 2.24) is 10.4 Å². The van der Waals surface area contributed by atoms with Crippen LogP contribution in [0, 0.1) is 0 Å². The van der Waals surface area contributed by atoms with Gasteiger partial charge in [-0.1, -0.05) is 0 Å². The van der Waals surface area contributed by atoms with Gasteiger partial charge in [-0.15, -0.1) is 0 Å². The molecule has 0 aromatic rings. The second kappa shape index (κ2) is 3.48. The van der Waals surface area contributed by atoms with Crippen molar-refractivity contribution >= 4 is 5.97 Å². The van der Waals surface area contributed by atoms with Crippen LogP contribution in [0.2, 0.25) is 0 Å². The lowest BCUT2D eigenvalue weighted by Gasteiger charge is -2.16. The quantitative estimate of drug-likeness (QED) is 0.640. The smallest absolute Gasteiger partial charge is 0.326 e. The van der Waals surface area contributed by atoms with Crippen molar-refractivity contribution < 1.29 is 18.7 Å². The molecular formula is C6H8F2N2O2. The van der Waals surface area contributed by atoms with Crippen molar-refractivity contribution in [3.63, 3.8) is 0 Å². The van der Waals surface area contributed by atoms with E-state index in [9.17, 15) is 13.6 Å². The zero-order valence-electron chi connectivity index (χ0n) is 6.08. The van der Waals surface area contributed by atoms with E-state index in [1.54, 1.807) is 0 Å². The van der Waals surface area contributed by atoms with Gasteiger partial charge < -0.3 is 10.1 Å². The van der Waals surface area contributed by atoms with Crippen LogP contribution in [-0.4, -0.2) is 35.1 Å². The fourth-order valence-corrected chi connectivity index (χ4v) is 0.854. The molecule has 0 amide bonds. The fourth-order valence-electron chi connectivity index (χ4n) is 0.854. The maximum absolute atomic E-state index is 11.8. The molecule has 0 spiro atoms. The number of hydrogen-bond donors (Lipinski definition) is 2. The molecule has 0 aromatic heterocycles. The Morgan fingerprint density at radius 2 is 2.42 bits per heavy atom. The number of hydrogen-bond acceptors (Lipinski definition) is 3. The molecule has 0 aromatic carbocycles. The Morgan fingerprint density at radius 1 is 1.75 bits per heavy atom. The minimum atomic E-state index is -2.48. The lowest BCUT2D eigenvalue weighted by Crippen LogP contribution is -2.41. The van der Waals surface area contributed by atoms with Crippen LogP contribution >= 0.6 is 0 Å². The molecule has 0 aliphatic carbocycles. The topological polar surface area (TPSA) is 52.6 Å². The van der Waals surface area contributed by atoms with E-state index in [4.69, 9.17) is 5.11 Å². The van der Waals surface area contributed by atoms with Crippen molar-refractivity contribution in [3.05, 3.63) is 12.3 Å². The van der Waals surface area contributed by atoms with Gasteiger partial charge in [0.1, 0.15) is 6.04 Å². The van der Waals surface area contributed by atoms with E-state index in [0.29, 0.717) is 0 Å². The predicted molar refractivity (Wildman–Crippen MR) is 36.4 cm³/mol. The second-order valence-electron chi connectivity index (χ2n) is 2.33. The molecule has 0 saturated carbocycles. The van der Waals surface area contributed by atoms with Gasteiger partial charge in [-0.2, -0.15) is 0 Å². The van der Waals surface area contributed by atoms with Crippen molar-refractivity contribution in [2.75, 3.05) is 6.54 Å². The van der Waals surface area contributed by atoms with E-state index < -0.39 is 25.0 Å². The maximum atomic E-state index is 11.8. The molecule has 12 heavy (non-hydrogen) atoms. The number of rotatable bonds is 3. The average Bonchev–Trinajstić information content (AvgIpc) is 2.34. The zero-order chi connectivity index (χ0) is 9.14. The highest BCUT2D eigenvalue weighted by Crippen LogP contribution is 2.04. The summed E-state index contributed by atoms with van der Waals surface area (Å²) in [7, 11) is 0. The Labute approximate surface area is 67.4 Å². The molecule has 1 unspecified atom stereocenters. The molecule has 2 N–H and O–H groups in total. The maximum Gasteiger partial charge on any atom is 0.326 e. The number of halogens is 2. The highest BCUT2D eigenvalue weighted by molar-refractivity contribution is 5.76. The van der Waals surface area contributed by atoms with Gasteiger partial charge in [-0.05, 0) is 6.08 Å². The van der Waals surface area contributed by atoms with Gasteiger partial charge in [-0.25, -0.2) is 14.2 Å². The lowest BCUT2D eigenvalue weighted by molar-refractivity contribution is -0.138. The van der Waals surface area contributed by atoms with Gasteiger partial charge in [0.15, 0.2) is 0 Å². The van der Waals surface area contributed by atoms with Crippen molar-refractivity contribution in [3.8, 4) is 0 Å². The van der Waals surface area contributed by atoms with Crippen molar-refractivity contribution in [1.29, 1.82) is 0 Å². The van der Waals surface area contributed by atoms with E-state index in [1.807, 2.05) is 0 Å². The van der Waals surface area contributed by atoms with Crippen LogP contribution < -0.4 is 5.43 Å². The molecule has 0 radical (unpaired) electrons. The first-order valence-electron chi connectivity index (χ1n) is 3.31. The Balaban J connectivity index is 2.37. The molecule has 1 aliphatic rings. The highest BCUT2D eigenvalue weighted by atomic mass is 19.3. The Morgan fingerprint density at radius 3 is 2.83 bits per heavy atom. The third-order valence-electron chi connectivity index (χ3n) is 1.36.